The lowest BCUT2D eigenvalue weighted by atomic mass is 10.1. The molecule has 0 aliphatic rings. The molecule has 0 saturated carbocycles. The van der Waals surface area contributed by atoms with E-state index in [0.717, 1.165) is 5.69 Å². The van der Waals surface area contributed by atoms with Crippen LogP contribution in [0.5, 0.6) is 0 Å². The maximum absolute atomic E-state index is 12.2. The molecule has 0 fully saturated rings. The standard InChI is InChI=1S/C15H15N5O3/c1-3-20-11-5-4-9(7-10(11)16-14(22)15(20)23)13(21)17-12-6-8(2)18-19-12/h4-7H,3H2,1-2H3,(H,16,22)(H2,17,18,19,21). The van der Waals surface area contributed by atoms with Gasteiger partial charge in [-0.05, 0) is 32.0 Å². The van der Waals surface area contributed by atoms with Crippen molar-refractivity contribution >= 4 is 22.8 Å². The van der Waals surface area contributed by atoms with Gasteiger partial charge >= 0.3 is 11.1 Å². The molecule has 118 valence electrons. The van der Waals surface area contributed by atoms with Gasteiger partial charge in [0.05, 0.1) is 11.0 Å². The zero-order valence-corrected chi connectivity index (χ0v) is 12.6. The smallest absolute Gasteiger partial charge is 0.316 e. The molecule has 3 rings (SSSR count). The molecule has 0 radical (unpaired) electrons. The van der Waals surface area contributed by atoms with E-state index < -0.39 is 11.1 Å². The molecule has 23 heavy (non-hydrogen) atoms. The van der Waals surface area contributed by atoms with Crippen molar-refractivity contribution in [1.82, 2.24) is 19.7 Å². The predicted octanol–water partition coefficient (Wildman–Crippen LogP) is 0.994. The second kappa shape index (κ2) is 5.56. The largest absolute Gasteiger partial charge is 0.316 e. The van der Waals surface area contributed by atoms with Crippen molar-refractivity contribution in [3.05, 3.63) is 56.2 Å². The Balaban J connectivity index is 2.03. The second-order valence-electron chi connectivity index (χ2n) is 5.13. The molecule has 0 aliphatic heterocycles. The molecule has 2 aromatic heterocycles. The maximum Gasteiger partial charge on any atom is 0.316 e. The first kappa shape index (κ1) is 14.8. The van der Waals surface area contributed by atoms with Crippen LogP contribution in [0.1, 0.15) is 23.0 Å². The molecule has 0 spiro atoms. The quantitative estimate of drug-likeness (QED) is 0.626. The van der Waals surface area contributed by atoms with Crippen molar-refractivity contribution in [2.75, 3.05) is 5.32 Å². The van der Waals surface area contributed by atoms with E-state index in [9.17, 15) is 14.4 Å². The average molecular weight is 313 g/mol. The zero-order valence-electron chi connectivity index (χ0n) is 12.6. The van der Waals surface area contributed by atoms with Crippen molar-refractivity contribution in [1.29, 1.82) is 0 Å². The summed E-state index contributed by atoms with van der Waals surface area (Å²) in [6, 6.07) is 6.48. The second-order valence-corrected chi connectivity index (χ2v) is 5.13. The highest BCUT2D eigenvalue weighted by molar-refractivity contribution is 6.05. The number of nitrogens with one attached hydrogen (secondary N) is 3. The molecule has 0 atom stereocenters. The van der Waals surface area contributed by atoms with E-state index in [1.54, 1.807) is 25.1 Å². The Kier molecular flexibility index (Phi) is 3.57. The highest BCUT2D eigenvalue weighted by atomic mass is 16.2. The Morgan fingerprint density at radius 2 is 2.09 bits per heavy atom. The van der Waals surface area contributed by atoms with E-state index in [1.165, 1.54) is 10.6 Å². The molecule has 1 amide bonds. The lowest BCUT2D eigenvalue weighted by molar-refractivity contribution is 0.102. The highest BCUT2D eigenvalue weighted by Gasteiger charge is 2.11. The number of nitrogens with zero attached hydrogens (tertiary/aromatic N) is 2. The van der Waals surface area contributed by atoms with Gasteiger partial charge in [0.15, 0.2) is 5.82 Å². The first-order chi connectivity index (χ1) is 11.0. The molecule has 2 heterocycles. The number of fused-ring (bicyclic) bond motifs is 1. The van der Waals surface area contributed by atoms with Crippen LogP contribution in [0.15, 0.2) is 33.9 Å². The zero-order chi connectivity index (χ0) is 16.6. The van der Waals surface area contributed by atoms with Crippen LogP contribution < -0.4 is 16.4 Å². The van der Waals surface area contributed by atoms with Gasteiger partial charge in [-0.1, -0.05) is 0 Å². The Bertz CT molecular complexity index is 1010. The predicted molar refractivity (Wildman–Crippen MR) is 85.8 cm³/mol. The van der Waals surface area contributed by atoms with E-state index in [0.29, 0.717) is 29.0 Å². The first-order valence-electron chi connectivity index (χ1n) is 7.10. The molecule has 0 saturated heterocycles. The van der Waals surface area contributed by atoms with Crippen LogP contribution in [0.3, 0.4) is 0 Å². The van der Waals surface area contributed by atoms with Gasteiger partial charge in [-0.3, -0.25) is 19.5 Å². The number of anilines is 1. The summed E-state index contributed by atoms with van der Waals surface area (Å²) in [6.07, 6.45) is 0. The molecule has 0 aliphatic carbocycles. The van der Waals surface area contributed by atoms with Gasteiger partial charge in [0, 0.05) is 23.9 Å². The van der Waals surface area contributed by atoms with Gasteiger partial charge in [0.2, 0.25) is 0 Å². The van der Waals surface area contributed by atoms with Crippen molar-refractivity contribution in [3.63, 3.8) is 0 Å². The minimum absolute atomic E-state index is 0.353. The number of aryl methyl sites for hydroxylation is 2. The highest BCUT2D eigenvalue weighted by Crippen LogP contribution is 2.13. The molecular formula is C15H15N5O3. The maximum atomic E-state index is 12.2. The summed E-state index contributed by atoms with van der Waals surface area (Å²) in [7, 11) is 0. The number of H-pyrrole nitrogens is 2. The number of carbonyl (C=O) groups is 1. The monoisotopic (exact) mass is 313 g/mol. The van der Waals surface area contributed by atoms with Gasteiger partial charge in [-0.25, -0.2) is 0 Å². The molecule has 3 aromatic rings. The summed E-state index contributed by atoms with van der Waals surface area (Å²) in [4.78, 5) is 38.2. The van der Waals surface area contributed by atoms with Crippen LogP contribution in [-0.2, 0) is 6.54 Å². The van der Waals surface area contributed by atoms with Gasteiger partial charge in [0.1, 0.15) is 0 Å². The molecule has 1 aromatic carbocycles. The van der Waals surface area contributed by atoms with Gasteiger partial charge in [0.25, 0.3) is 5.91 Å². The summed E-state index contributed by atoms with van der Waals surface area (Å²) in [6.45, 7) is 3.98. The Labute approximate surface area is 130 Å². The van der Waals surface area contributed by atoms with Gasteiger partial charge in [-0.15, -0.1) is 0 Å². The summed E-state index contributed by atoms with van der Waals surface area (Å²) in [5.41, 5.74) is 0.876. The normalized spacial score (nSPS) is 10.9. The molecular weight excluding hydrogens is 298 g/mol. The number of hydrogen-bond donors (Lipinski definition) is 3. The minimum atomic E-state index is -0.708. The molecule has 0 unspecified atom stereocenters. The molecule has 3 N–H and O–H groups in total. The van der Waals surface area contributed by atoms with E-state index in [2.05, 4.69) is 20.5 Å². The minimum Gasteiger partial charge on any atom is -0.316 e. The molecule has 8 nitrogen and oxygen atoms in total. The molecule has 0 bridgehead atoms. The number of amides is 1. The van der Waals surface area contributed by atoms with Crippen LogP contribution in [0.25, 0.3) is 11.0 Å². The first-order valence-corrected chi connectivity index (χ1v) is 7.10. The van der Waals surface area contributed by atoms with Crippen molar-refractivity contribution in [2.24, 2.45) is 0 Å². The van der Waals surface area contributed by atoms with Gasteiger partial charge in [-0.2, -0.15) is 5.10 Å². The third kappa shape index (κ3) is 2.66. The van der Waals surface area contributed by atoms with Crippen molar-refractivity contribution in [3.8, 4) is 0 Å². The topological polar surface area (TPSA) is 113 Å². The van der Waals surface area contributed by atoms with Crippen LogP contribution in [-0.4, -0.2) is 25.7 Å². The number of carbonyl (C=O) groups excluding carboxylic acids is 1. The Morgan fingerprint density at radius 1 is 1.30 bits per heavy atom. The van der Waals surface area contributed by atoms with E-state index >= 15 is 0 Å². The van der Waals surface area contributed by atoms with Crippen LogP contribution in [0.4, 0.5) is 5.82 Å². The third-order valence-electron chi connectivity index (χ3n) is 3.50. The van der Waals surface area contributed by atoms with Gasteiger partial charge < -0.3 is 14.9 Å². The van der Waals surface area contributed by atoms with E-state index in [-0.39, 0.29) is 5.91 Å². The summed E-state index contributed by atoms with van der Waals surface area (Å²) >= 11 is 0. The van der Waals surface area contributed by atoms with Crippen LogP contribution in [0.2, 0.25) is 0 Å². The summed E-state index contributed by atoms with van der Waals surface area (Å²) < 4.78 is 1.37. The SMILES string of the molecule is CCn1c(=O)c(=O)[nH]c2cc(C(=O)Nc3cc(C)[nH]n3)ccc21. The number of rotatable bonds is 3. The van der Waals surface area contributed by atoms with Crippen LogP contribution in [0, 0.1) is 6.92 Å². The fourth-order valence-corrected chi connectivity index (χ4v) is 2.41. The van der Waals surface area contributed by atoms with E-state index in [4.69, 9.17) is 0 Å². The third-order valence-corrected chi connectivity index (χ3v) is 3.50. The summed E-state index contributed by atoms with van der Waals surface area (Å²) in [5.74, 6) is 0.0631. The number of hydrogen-bond acceptors (Lipinski definition) is 4. The fourth-order valence-electron chi connectivity index (χ4n) is 2.41. The lowest BCUT2D eigenvalue weighted by Crippen LogP contribution is -2.36. The van der Waals surface area contributed by atoms with Crippen molar-refractivity contribution < 1.29 is 4.79 Å². The fraction of sp³-hybridized carbons (Fsp3) is 0.200. The Morgan fingerprint density at radius 3 is 2.74 bits per heavy atom. The van der Waals surface area contributed by atoms with Crippen LogP contribution >= 0.6 is 0 Å². The number of aromatic nitrogens is 4. The van der Waals surface area contributed by atoms with Crippen molar-refractivity contribution in [2.45, 2.75) is 20.4 Å². The number of benzene rings is 1. The lowest BCUT2D eigenvalue weighted by Gasteiger charge is -2.08. The molecule has 8 heteroatoms. The van der Waals surface area contributed by atoms with E-state index in [1.807, 2.05) is 6.92 Å². The average Bonchev–Trinajstić information content (AvgIpc) is 2.93. The summed E-state index contributed by atoms with van der Waals surface area (Å²) in [5, 5.41) is 9.33. The Hall–Kier alpha value is -3.16. The number of aromatic amines is 2.